The number of aromatic amines is 1. The molecule has 1 aromatic carbocycles. The maximum Gasteiger partial charge on any atom is 0.350 e. The van der Waals surface area contributed by atoms with E-state index in [0.29, 0.717) is 24.8 Å². The summed E-state index contributed by atoms with van der Waals surface area (Å²) in [4.78, 5) is 28.2. The topological polar surface area (TPSA) is 89.0 Å². The van der Waals surface area contributed by atoms with Crippen molar-refractivity contribution >= 4 is 0 Å². The molecule has 2 N–H and O–H groups in total. The molecule has 8 heteroatoms. The van der Waals surface area contributed by atoms with Crippen molar-refractivity contribution < 1.29 is 9.13 Å². The average molecular weight is 419 g/mol. The van der Waals surface area contributed by atoms with Gasteiger partial charge < -0.3 is 10.1 Å². The van der Waals surface area contributed by atoms with Crippen molar-refractivity contribution in [3.8, 4) is 5.75 Å². The molecule has 1 fully saturated rings. The third-order valence-corrected chi connectivity index (χ3v) is 5.44. The number of aryl methyl sites for hydroxylation is 1. The molecule has 7 nitrogen and oxygen atoms in total. The van der Waals surface area contributed by atoms with Crippen LogP contribution in [0.1, 0.15) is 63.5 Å². The first-order valence-electron chi connectivity index (χ1n) is 10.8. The summed E-state index contributed by atoms with van der Waals surface area (Å²) in [6, 6.07) is 5.24. The van der Waals surface area contributed by atoms with Crippen LogP contribution in [0.4, 0.5) is 4.39 Å². The highest BCUT2D eigenvalue weighted by Crippen LogP contribution is 2.31. The van der Waals surface area contributed by atoms with E-state index in [4.69, 9.17) is 4.74 Å². The Morgan fingerprint density at radius 1 is 1.23 bits per heavy atom. The first-order valence-corrected chi connectivity index (χ1v) is 10.8. The van der Waals surface area contributed by atoms with E-state index in [1.54, 1.807) is 0 Å². The lowest BCUT2D eigenvalue weighted by molar-refractivity contribution is 0.284. The predicted molar refractivity (Wildman–Crippen MR) is 113 cm³/mol. The molecule has 0 saturated heterocycles. The van der Waals surface area contributed by atoms with Gasteiger partial charge in [0.05, 0.1) is 6.61 Å². The summed E-state index contributed by atoms with van der Waals surface area (Å²) in [5.41, 5.74) is 0.0119. The Labute approximate surface area is 175 Å². The zero-order chi connectivity index (χ0) is 21.3. The fraction of sp³-hybridized carbons (Fsp3) is 0.591. The molecule has 3 rings (SSSR count). The largest absolute Gasteiger partial charge is 0.490 e. The Bertz CT molecular complexity index is 923. The van der Waals surface area contributed by atoms with E-state index in [2.05, 4.69) is 22.2 Å². The maximum atomic E-state index is 13.9. The summed E-state index contributed by atoms with van der Waals surface area (Å²) in [5.74, 6) is 0.647. The third-order valence-electron chi connectivity index (χ3n) is 5.44. The van der Waals surface area contributed by atoms with Gasteiger partial charge in [-0.15, -0.1) is 0 Å². The molecule has 0 unspecified atom stereocenters. The summed E-state index contributed by atoms with van der Waals surface area (Å²) in [7, 11) is 0. The Morgan fingerprint density at radius 2 is 2.00 bits per heavy atom. The Hall–Kier alpha value is -2.48. The standard InChI is InChI=1S/C22H31FN4O3/c1-16(18-9-10-19(23)20(13-18)30-14-17-7-8-17)24-11-5-3-2-4-6-12-27-15-25-21(28)26-22(27)29/h9-10,13,15-17,24H,2-8,11-12,14H2,1H3,(H,26,28,29)/t16-/m1/s1. The second kappa shape index (κ2) is 11.1. The molecular weight excluding hydrogens is 387 g/mol. The van der Waals surface area contributed by atoms with Gasteiger partial charge >= 0.3 is 11.4 Å². The first-order chi connectivity index (χ1) is 14.5. The predicted octanol–water partition coefficient (Wildman–Crippen LogP) is 3.16. The van der Waals surface area contributed by atoms with Crippen LogP contribution in [-0.2, 0) is 6.54 Å². The van der Waals surface area contributed by atoms with Crippen LogP contribution < -0.4 is 21.4 Å². The minimum atomic E-state index is -0.611. The number of aromatic nitrogens is 3. The van der Waals surface area contributed by atoms with Crippen molar-refractivity contribution in [1.29, 1.82) is 0 Å². The van der Waals surface area contributed by atoms with Gasteiger partial charge in [0.25, 0.3) is 0 Å². The van der Waals surface area contributed by atoms with Crippen LogP contribution in [0.3, 0.4) is 0 Å². The molecule has 1 aliphatic rings. The molecule has 1 saturated carbocycles. The highest BCUT2D eigenvalue weighted by molar-refractivity contribution is 5.32. The van der Waals surface area contributed by atoms with Crippen LogP contribution in [0, 0.1) is 11.7 Å². The number of nitrogens with zero attached hydrogens (tertiary/aromatic N) is 2. The van der Waals surface area contributed by atoms with Crippen molar-refractivity contribution in [2.24, 2.45) is 5.92 Å². The van der Waals surface area contributed by atoms with Gasteiger partial charge in [0.1, 0.15) is 6.33 Å². The van der Waals surface area contributed by atoms with Crippen LogP contribution in [0.15, 0.2) is 34.1 Å². The Kier molecular flexibility index (Phi) is 8.19. The van der Waals surface area contributed by atoms with Gasteiger partial charge in [0.15, 0.2) is 11.6 Å². The SMILES string of the molecule is C[C@@H](NCCCCCCCn1cnc(=O)[nH]c1=O)c1ccc(F)c(OCC2CC2)c1. The second-order valence-corrected chi connectivity index (χ2v) is 8.06. The van der Waals surface area contributed by atoms with E-state index in [0.717, 1.165) is 44.2 Å². The third kappa shape index (κ3) is 7.09. The van der Waals surface area contributed by atoms with Gasteiger partial charge in [-0.2, -0.15) is 4.98 Å². The van der Waals surface area contributed by atoms with E-state index in [9.17, 15) is 14.0 Å². The van der Waals surface area contributed by atoms with Gasteiger partial charge in [-0.25, -0.2) is 14.0 Å². The van der Waals surface area contributed by atoms with Crippen LogP contribution in [0.2, 0.25) is 0 Å². The Balaban J connectivity index is 1.29. The molecule has 1 atom stereocenters. The van der Waals surface area contributed by atoms with Crippen molar-refractivity contribution in [3.63, 3.8) is 0 Å². The van der Waals surface area contributed by atoms with Crippen LogP contribution in [-0.4, -0.2) is 27.7 Å². The Morgan fingerprint density at radius 3 is 2.77 bits per heavy atom. The van der Waals surface area contributed by atoms with Crippen LogP contribution >= 0.6 is 0 Å². The minimum Gasteiger partial charge on any atom is -0.490 e. The number of rotatable bonds is 13. The van der Waals surface area contributed by atoms with Crippen LogP contribution in [0.25, 0.3) is 0 Å². The average Bonchev–Trinajstić information content (AvgIpc) is 3.55. The van der Waals surface area contributed by atoms with Gasteiger partial charge in [-0.1, -0.05) is 25.3 Å². The fourth-order valence-corrected chi connectivity index (χ4v) is 3.30. The van der Waals surface area contributed by atoms with Gasteiger partial charge in [0, 0.05) is 12.6 Å². The number of hydrogen-bond donors (Lipinski definition) is 2. The number of halogens is 1. The lowest BCUT2D eigenvalue weighted by Gasteiger charge is -2.16. The number of benzene rings is 1. The van der Waals surface area contributed by atoms with Crippen molar-refractivity contribution in [2.75, 3.05) is 13.2 Å². The molecule has 1 heterocycles. The molecule has 2 aromatic rings. The molecule has 0 amide bonds. The molecule has 0 bridgehead atoms. The second-order valence-electron chi connectivity index (χ2n) is 8.06. The van der Waals surface area contributed by atoms with Crippen molar-refractivity contribution in [2.45, 2.75) is 64.5 Å². The molecule has 1 aliphatic carbocycles. The molecule has 30 heavy (non-hydrogen) atoms. The number of nitrogens with one attached hydrogen (secondary N) is 2. The molecule has 0 spiro atoms. The lowest BCUT2D eigenvalue weighted by atomic mass is 10.1. The fourth-order valence-electron chi connectivity index (χ4n) is 3.30. The van der Waals surface area contributed by atoms with Crippen molar-refractivity contribution in [3.05, 3.63) is 56.9 Å². The number of unbranched alkanes of at least 4 members (excludes halogenated alkanes) is 4. The monoisotopic (exact) mass is 418 g/mol. The molecule has 0 aliphatic heterocycles. The normalized spacial score (nSPS) is 14.6. The van der Waals surface area contributed by atoms with Gasteiger partial charge in [0.2, 0.25) is 0 Å². The van der Waals surface area contributed by atoms with E-state index in [1.807, 2.05) is 12.1 Å². The molecule has 1 aromatic heterocycles. The zero-order valence-corrected chi connectivity index (χ0v) is 17.5. The van der Waals surface area contributed by atoms with E-state index in [-0.39, 0.29) is 11.9 Å². The summed E-state index contributed by atoms with van der Waals surface area (Å²) in [6.07, 6.45) is 8.78. The maximum absolute atomic E-state index is 13.9. The molecule has 164 valence electrons. The van der Waals surface area contributed by atoms with E-state index >= 15 is 0 Å². The summed E-state index contributed by atoms with van der Waals surface area (Å²) < 4.78 is 21.0. The van der Waals surface area contributed by atoms with Gasteiger partial charge in [-0.3, -0.25) is 9.55 Å². The molecule has 0 radical (unpaired) electrons. The summed E-state index contributed by atoms with van der Waals surface area (Å²) in [6.45, 7) is 4.14. The number of ether oxygens (including phenoxy) is 1. The lowest BCUT2D eigenvalue weighted by Crippen LogP contribution is -2.31. The number of hydrogen-bond acceptors (Lipinski definition) is 5. The molecular formula is C22H31FN4O3. The van der Waals surface area contributed by atoms with Crippen molar-refractivity contribution in [1.82, 2.24) is 19.9 Å². The zero-order valence-electron chi connectivity index (χ0n) is 17.5. The summed E-state index contributed by atoms with van der Waals surface area (Å²) in [5, 5.41) is 3.49. The van der Waals surface area contributed by atoms with E-state index in [1.165, 1.54) is 29.8 Å². The minimum absolute atomic E-state index is 0.133. The highest BCUT2D eigenvalue weighted by Gasteiger charge is 2.22. The number of H-pyrrole nitrogens is 1. The van der Waals surface area contributed by atoms with E-state index < -0.39 is 11.4 Å². The van der Waals surface area contributed by atoms with Gasteiger partial charge in [-0.05, 0) is 62.8 Å². The van der Waals surface area contributed by atoms with Crippen LogP contribution in [0.5, 0.6) is 5.75 Å². The highest BCUT2D eigenvalue weighted by atomic mass is 19.1. The quantitative estimate of drug-likeness (QED) is 0.488. The smallest absolute Gasteiger partial charge is 0.350 e. The summed E-state index contributed by atoms with van der Waals surface area (Å²) >= 11 is 0. The first kappa shape index (κ1) is 22.2.